The Bertz CT molecular complexity index is 443. The number of phenolic OH excluding ortho intramolecular Hbond substituents is 1. The van der Waals surface area contributed by atoms with Gasteiger partial charge >= 0.3 is 0 Å². The van der Waals surface area contributed by atoms with Crippen molar-refractivity contribution in [1.82, 2.24) is 10.2 Å². The summed E-state index contributed by atoms with van der Waals surface area (Å²) >= 11 is 0. The molecule has 1 heterocycles. The summed E-state index contributed by atoms with van der Waals surface area (Å²) in [5.74, 6) is 0.398. The molecule has 1 aromatic rings. The highest BCUT2D eigenvalue weighted by Gasteiger charge is 2.26. The normalized spacial score (nSPS) is 18.4. The van der Waals surface area contributed by atoms with Crippen molar-refractivity contribution in [2.75, 3.05) is 13.1 Å². The van der Waals surface area contributed by atoms with Crippen LogP contribution in [0.1, 0.15) is 44.7 Å². The smallest absolute Gasteiger partial charge is 0.120 e. The molecular weight excluding hydrogens is 248 g/mol. The van der Waals surface area contributed by atoms with Gasteiger partial charge in [-0.1, -0.05) is 17.7 Å². The molecule has 0 bridgehead atoms. The summed E-state index contributed by atoms with van der Waals surface area (Å²) in [5.41, 5.74) is 2.48. The van der Waals surface area contributed by atoms with Crippen LogP contribution >= 0.6 is 0 Å². The number of aromatic hydroxyl groups is 1. The number of hydrogen-bond acceptors (Lipinski definition) is 3. The number of nitrogens with one attached hydrogen (secondary N) is 1. The Morgan fingerprint density at radius 3 is 2.50 bits per heavy atom. The monoisotopic (exact) mass is 276 g/mol. The second-order valence-electron chi connectivity index (χ2n) is 6.95. The van der Waals surface area contributed by atoms with Gasteiger partial charge in [-0.15, -0.1) is 0 Å². The Labute approximate surface area is 123 Å². The average molecular weight is 276 g/mol. The molecule has 20 heavy (non-hydrogen) atoms. The predicted molar refractivity (Wildman–Crippen MR) is 84.0 cm³/mol. The molecule has 0 aliphatic carbocycles. The van der Waals surface area contributed by atoms with Crippen molar-refractivity contribution in [3.05, 3.63) is 29.3 Å². The Hall–Kier alpha value is -1.06. The van der Waals surface area contributed by atoms with Crippen LogP contribution in [0.25, 0.3) is 0 Å². The van der Waals surface area contributed by atoms with Gasteiger partial charge in [0.15, 0.2) is 0 Å². The molecule has 1 aliphatic heterocycles. The number of hydrogen-bond donors (Lipinski definition) is 2. The van der Waals surface area contributed by atoms with E-state index < -0.39 is 0 Å². The Morgan fingerprint density at radius 2 is 1.90 bits per heavy atom. The Kier molecular flexibility index (Phi) is 4.71. The Morgan fingerprint density at radius 1 is 1.25 bits per heavy atom. The van der Waals surface area contributed by atoms with Gasteiger partial charge in [-0.2, -0.15) is 0 Å². The van der Waals surface area contributed by atoms with Crippen molar-refractivity contribution in [3.8, 4) is 5.75 Å². The van der Waals surface area contributed by atoms with Gasteiger partial charge in [-0.05, 0) is 46.6 Å². The molecule has 3 heteroatoms. The number of phenols is 1. The van der Waals surface area contributed by atoms with Crippen molar-refractivity contribution in [2.24, 2.45) is 0 Å². The summed E-state index contributed by atoms with van der Waals surface area (Å²) in [6, 6.07) is 6.36. The third kappa shape index (κ3) is 3.97. The molecule has 1 fully saturated rings. The molecule has 112 valence electrons. The molecule has 1 saturated heterocycles. The van der Waals surface area contributed by atoms with Crippen LogP contribution in [0.3, 0.4) is 0 Å². The van der Waals surface area contributed by atoms with Crippen LogP contribution in [0.2, 0.25) is 0 Å². The average Bonchev–Trinajstić information content (AvgIpc) is 2.39. The fourth-order valence-electron chi connectivity index (χ4n) is 2.86. The van der Waals surface area contributed by atoms with Gasteiger partial charge in [0.1, 0.15) is 5.75 Å². The SMILES string of the molecule is Cc1ccc(O)c(CNC2CCN(C(C)(C)C)CC2)c1. The maximum Gasteiger partial charge on any atom is 0.120 e. The number of benzene rings is 1. The van der Waals surface area contributed by atoms with Gasteiger partial charge in [-0.3, -0.25) is 4.90 Å². The largest absolute Gasteiger partial charge is 0.508 e. The molecule has 1 aromatic carbocycles. The van der Waals surface area contributed by atoms with E-state index in [2.05, 4.69) is 44.0 Å². The quantitative estimate of drug-likeness (QED) is 0.890. The van der Waals surface area contributed by atoms with E-state index in [0.717, 1.165) is 25.2 Å². The first-order valence-corrected chi connectivity index (χ1v) is 7.63. The van der Waals surface area contributed by atoms with Crippen molar-refractivity contribution in [3.63, 3.8) is 0 Å². The van der Waals surface area contributed by atoms with E-state index in [4.69, 9.17) is 0 Å². The summed E-state index contributed by atoms with van der Waals surface area (Å²) in [7, 11) is 0. The van der Waals surface area contributed by atoms with Gasteiger partial charge in [0.2, 0.25) is 0 Å². The third-order valence-electron chi connectivity index (χ3n) is 4.26. The summed E-state index contributed by atoms with van der Waals surface area (Å²) < 4.78 is 0. The van der Waals surface area contributed by atoms with E-state index in [9.17, 15) is 5.11 Å². The molecule has 0 saturated carbocycles. The zero-order valence-corrected chi connectivity index (χ0v) is 13.2. The number of aryl methyl sites for hydroxylation is 1. The Balaban J connectivity index is 1.83. The maximum atomic E-state index is 9.86. The van der Waals surface area contributed by atoms with Crippen LogP contribution < -0.4 is 5.32 Å². The maximum absolute atomic E-state index is 9.86. The van der Waals surface area contributed by atoms with Crippen molar-refractivity contribution in [1.29, 1.82) is 0 Å². The summed E-state index contributed by atoms with van der Waals surface area (Å²) in [6.45, 7) is 12.0. The minimum absolute atomic E-state index is 0.278. The van der Waals surface area contributed by atoms with Gasteiger partial charge in [0.25, 0.3) is 0 Å². The number of rotatable bonds is 3. The van der Waals surface area contributed by atoms with Crippen LogP contribution in [-0.4, -0.2) is 34.7 Å². The standard InChI is InChI=1S/C17H28N2O/c1-13-5-6-16(20)14(11-13)12-18-15-7-9-19(10-8-15)17(2,3)4/h5-6,11,15,18,20H,7-10,12H2,1-4H3. The van der Waals surface area contributed by atoms with E-state index in [1.807, 2.05) is 6.07 Å². The zero-order valence-electron chi connectivity index (χ0n) is 13.2. The zero-order chi connectivity index (χ0) is 14.8. The van der Waals surface area contributed by atoms with Gasteiger partial charge in [0, 0.05) is 36.8 Å². The lowest BCUT2D eigenvalue weighted by molar-refractivity contribution is 0.0960. The molecular formula is C17H28N2O. The lowest BCUT2D eigenvalue weighted by Gasteiger charge is -2.41. The van der Waals surface area contributed by atoms with E-state index in [0.29, 0.717) is 11.8 Å². The lowest BCUT2D eigenvalue weighted by Crippen LogP contribution is -2.49. The molecule has 0 unspecified atom stereocenters. The molecule has 0 amide bonds. The second kappa shape index (κ2) is 6.15. The van der Waals surface area contributed by atoms with Crippen molar-refractivity contribution >= 4 is 0 Å². The van der Waals surface area contributed by atoms with E-state index in [1.54, 1.807) is 6.07 Å². The second-order valence-corrected chi connectivity index (χ2v) is 6.95. The molecule has 2 N–H and O–H groups in total. The summed E-state index contributed by atoms with van der Waals surface area (Å²) in [5, 5.41) is 13.5. The fourth-order valence-corrected chi connectivity index (χ4v) is 2.86. The fraction of sp³-hybridized carbons (Fsp3) is 0.647. The van der Waals surface area contributed by atoms with Crippen LogP contribution in [0.5, 0.6) is 5.75 Å². The first kappa shape index (κ1) is 15.3. The number of likely N-dealkylation sites (tertiary alicyclic amines) is 1. The van der Waals surface area contributed by atoms with E-state index in [-0.39, 0.29) is 5.54 Å². The van der Waals surface area contributed by atoms with Gasteiger partial charge < -0.3 is 10.4 Å². The van der Waals surface area contributed by atoms with Crippen LogP contribution in [-0.2, 0) is 6.54 Å². The highest BCUT2D eigenvalue weighted by molar-refractivity contribution is 5.35. The molecule has 0 radical (unpaired) electrons. The molecule has 0 aromatic heterocycles. The first-order valence-electron chi connectivity index (χ1n) is 7.63. The highest BCUT2D eigenvalue weighted by atomic mass is 16.3. The first-order chi connectivity index (χ1) is 9.36. The lowest BCUT2D eigenvalue weighted by atomic mass is 9.98. The molecule has 3 nitrogen and oxygen atoms in total. The van der Waals surface area contributed by atoms with Crippen LogP contribution in [0, 0.1) is 6.92 Å². The minimum atomic E-state index is 0.278. The van der Waals surface area contributed by atoms with Crippen molar-refractivity contribution in [2.45, 2.75) is 58.7 Å². The topological polar surface area (TPSA) is 35.5 Å². The van der Waals surface area contributed by atoms with Crippen LogP contribution in [0.4, 0.5) is 0 Å². The predicted octanol–water partition coefficient (Wildman–Crippen LogP) is 3.05. The molecule has 0 atom stereocenters. The van der Waals surface area contributed by atoms with Gasteiger partial charge in [0.05, 0.1) is 0 Å². The van der Waals surface area contributed by atoms with Crippen LogP contribution in [0.15, 0.2) is 18.2 Å². The van der Waals surface area contributed by atoms with Crippen molar-refractivity contribution < 1.29 is 5.11 Å². The summed E-state index contributed by atoms with van der Waals surface area (Å²) in [6.07, 6.45) is 2.37. The summed E-state index contributed by atoms with van der Waals surface area (Å²) in [4.78, 5) is 2.55. The minimum Gasteiger partial charge on any atom is -0.508 e. The molecule has 0 spiro atoms. The molecule has 2 rings (SSSR count). The number of piperidine rings is 1. The van der Waals surface area contributed by atoms with E-state index in [1.165, 1.54) is 18.4 Å². The third-order valence-corrected chi connectivity index (χ3v) is 4.26. The highest BCUT2D eigenvalue weighted by Crippen LogP contribution is 2.22. The molecule has 1 aliphatic rings. The van der Waals surface area contributed by atoms with Gasteiger partial charge in [-0.25, -0.2) is 0 Å². The van der Waals surface area contributed by atoms with E-state index >= 15 is 0 Å². The number of nitrogens with zero attached hydrogens (tertiary/aromatic N) is 1.